The molecule has 1 aliphatic carbocycles. The van der Waals surface area contributed by atoms with Gasteiger partial charge in [-0.15, -0.1) is 17.8 Å². The van der Waals surface area contributed by atoms with E-state index in [-0.39, 0.29) is 0 Å². The highest BCUT2D eigenvalue weighted by atomic mass is 32.2. The summed E-state index contributed by atoms with van der Waals surface area (Å²) in [4.78, 5) is 14.4. The molecule has 0 radical (unpaired) electrons. The van der Waals surface area contributed by atoms with Crippen LogP contribution in [0.4, 0.5) is 11.5 Å². The molecule has 0 bridgehead atoms. The van der Waals surface area contributed by atoms with Gasteiger partial charge in [0.05, 0.1) is 5.39 Å². The van der Waals surface area contributed by atoms with Gasteiger partial charge in [-0.1, -0.05) is 12.0 Å². The van der Waals surface area contributed by atoms with Gasteiger partial charge in [-0.05, 0) is 48.9 Å². The monoisotopic (exact) mass is 420 g/mol. The third kappa shape index (κ3) is 4.00. The summed E-state index contributed by atoms with van der Waals surface area (Å²) < 4.78 is 0. The highest BCUT2D eigenvalue weighted by molar-refractivity contribution is 7.99. The third-order valence-corrected chi connectivity index (χ3v) is 7.96. The fourth-order valence-corrected chi connectivity index (χ4v) is 6.68. The smallest absolute Gasteiger partial charge is 0.142 e. The van der Waals surface area contributed by atoms with Gasteiger partial charge in [-0.2, -0.15) is 11.8 Å². The summed E-state index contributed by atoms with van der Waals surface area (Å²) in [7, 11) is 0. The lowest BCUT2D eigenvalue weighted by Gasteiger charge is -2.32. The van der Waals surface area contributed by atoms with Gasteiger partial charge in [-0.25, -0.2) is 9.97 Å². The summed E-state index contributed by atoms with van der Waals surface area (Å²) in [6, 6.07) is 7.93. The quantitative estimate of drug-likeness (QED) is 0.626. The maximum absolute atomic E-state index is 5.55. The zero-order valence-electron chi connectivity index (χ0n) is 16.4. The lowest BCUT2D eigenvalue weighted by Crippen LogP contribution is -2.37. The Bertz CT molecular complexity index is 1060. The van der Waals surface area contributed by atoms with Crippen LogP contribution < -0.4 is 5.32 Å². The predicted octanol–water partition coefficient (Wildman–Crippen LogP) is 4.57. The Morgan fingerprint density at radius 3 is 3.00 bits per heavy atom. The summed E-state index contributed by atoms with van der Waals surface area (Å²) in [5, 5.41) is 4.68. The molecule has 6 heteroatoms. The second-order valence-electron chi connectivity index (χ2n) is 7.78. The topological polar surface area (TPSA) is 41.1 Å². The average Bonchev–Trinajstić information content (AvgIpc) is 3.13. The SMILES string of the molecule is C#Cc1cccc(Nc2ncnc3sc4c(c23)CCC(CN2CCSCC2)C4)c1. The minimum absolute atomic E-state index is 0.760. The van der Waals surface area contributed by atoms with E-state index in [1.165, 1.54) is 59.8 Å². The number of hydrogen-bond acceptors (Lipinski definition) is 6. The molecule has 2 aliphatic rings. The third-order valence-electron chi connectivity index (χ3n) is 5.86. The van der Waals surface area contributed by atoms with Crippen LogP contribution >= 0.6 is 23.1 Å². The Morgan fingerprint density at radius 1 is 1.24 bits per heavy atom. The molecule has 5 rings (SSSR count). The number of fused-ring (bicyclic) bond motifs is 3. The molecule has 1 fully saturated rings. The highest BCUT2D eigenvalue weighted by Crippen LogP contribution is 2.40. The van der Waals surface area contributed by atoms with E-state index in [1.54, 1.807) is 6.33 Å². The van der Waals surface area contributed by atoms with Crippen molar-refractivity contribution in [2.24, 2.45) is 5.92 Å². The number of anilines is 2. The van der Waals surface area contributed by atoms with Crippen molar-refractivity contribution in [2.75, 3.05) is 36.5 Å². The minimum Gasteiger partial charge on any atom is -0.340 e. The minimum atomic E-state index is 0.760. The van der Waals surface area contributed by atoms with Crippen LogP contribution in [0.1, 0.15) is 22.4 Å². The highest BCUT2D eigenvalue weighted by Gasteiger charge is 2.26. The second-order valence-corrected chi connectivity index (χ2v) is 10.1. The first kappa shape index (κ1) is 18.9. The fraction of sp³-hybridized carbons (Fsp3) is 0.391. The van der Waals surface area contributed by atoms with E-state index in [0.29, 0.717) is 0 Å². The molecule has 29 heavy (non-hydrogen) atoms. The summed E-state index contributed by atoms with van der Waals surface area (Å²) >= 11 is 3.94. The zero-order valence-corrected chi connectivity index (χ0v) is 18.0. The molecule has 1 aliphatic heterocycles. The average molecular weight is 421 g/mol. The molecular weight excluding hydrogens is 396 g/mol. The molecule has 3 aromatic rings. The van der Waals surface area contributed by atoms with Crippen LogP contribution in [0.25, 0.3) is 10.2 Å². The van der Waals surface area contributed by atoms with Gasteiger partial charge in [0.2, 0.25) is 0 Å². The van der Waals surface area contributed by atoms with Crippen molar-refractivity contribution in [3.8, 4) is 12.3 Å². The van der Waals surface area contributed by atoms with Crippen LogP contribution in [0.15, 0.2) is 30.6 Å². The summed E-state index contributed by atoms with van der Waals surface area (Å²) in [5.74, 6) is 6.92. The largest absolute Gasteiger partial charge is 0.340 e. The molecule has 2 aromatic heterocycles. The van der Waals surface area contributed by atoms with Crippen LogP contribution in [0, 0.1) is 18.3 Å². The lowest BCUT2D eigenvalue weighted by molar-refractivity contribution is 0.239. The van der Waals surface area contributed by atoms with Crippen molar-refractivity contribution in [1.29, 1.82) is 0 Å². The van der Waals surface area contributed by atoms with Gasteiger partial charge in [0, 0.05) is 47.3 Å². The van der Waals surface area contributed by atoms with Crippen LogP contribution in [-0.2, 0) is 12.8 Å². The van der Waals surface area contributed by atoms with Crippen molar-refractivity contribution in [2.45, 2.75) is 19.3 Å². The molecular formula is C23H24N4S2. The number of hydrogen-bond donors (Lipinski definition) is 1. The van der Waals surface area contributed by atoms with Crippen molar-refractivity contribution in [1.82, 2.24) is 14.9 Å². The maximum atomic E-state index is 5.55. The number of nitrogens with zero attached hydrogens (tertiary/aromatic N) is 3. The first-order chi connectivity index (χ1) is 14.3. The molecule has 1 unspecified atom stereocenters. The summed E-state index contributed by atoms with van der Waals surface area (Å²) in [5.41, 5.74) is 3.29. The predicted molar refractivity (Wildman–Crippen MR) is 124 cm³/mol. The maximum Gasteiger partial charge on any atom is 0.142 e. The molecule has 148 valence electrons. The first-order valence-corrected chi connectivity index (χ1v) is 12.2. The molecule has 3 heterocycles. The Morgan fingerprint density at radius 2 is 2.14 bits per heavy atom. The van der Waals surface area contributed by atoms with Crippen molar-refractivity contribution in [3.05, 3.63) is 46.6 Å². The number of thiophene rings is 1. The lowest BCUT2D eigenvalue weighted by atomic mass is 9.87. The van der Waals surface area contributed by atoms with Crippen LogP contribution in [0.2, 0.25) is 0 Å². The number of aromatic nitrogens is 2. The van der Waals surface area contributed by atoms with Gasteiger partial charge in [0.15, 0.2) is 0 Å². The number of nitrogens with one attached hydrogen (secondary N) is 1. The number of benzene rings is 1. The van der Waals surface area contributed by atoms with Gasteiger partial charge in [0.25, 0.3) is 0 Å². The molecule has 1 aromatic carbocycles. The number of terminal acetylenes is 1. The number of rotatable bonds is 4. The van der Waals surface area contributed by atoms with E-state index in [4.69, 9.17) is 6.42 Å². The normalized spacial score (nSPS) is 19.6. The van der Waals surface area contributed by atoms with E-state index < -0.39 is 0 Å². The Labute approximate surface area is 180 Å². The molecule has 1 saturated heterocycles. The Hall–Kier alpha value is -2.07. The van der Waals surface area contributed by atoms with Crippen molar-refractivity contribution >= 4 is 44.8 Å². The standard InChI is InChI=1S/C23H24N4S2/c1-2-16-4-3-5-18(12-16)26-22-21-19-7-6-17(14-27-8-10-28-11-9-27)13-20(19)29-23(21)25-15-24-22/h1,3-5,12,15,17H,6-11,13-14H2,(H,24,25,26). The molecule has 0 saturated carbocycles. The number of thioether (sulfide) groups is 1. The van der Waals surface area contributed by atoms with E-state index in [0.717, 1.165) is 34.2 Å². The number of aryl methyl sites for hydroxylation is 1. The van der Waals surface area contributed by atoms with Gasteiger partial charge in [0.1, 0.15) is 17.0 Å². The van der Waals surface area contributed by atoms with Crippen molar-refractivity contribution < 1.29 is 0 Å². The van der Waals surface area contributed by atoms with Crippen molar-refractivity contribution in [3.63, 3.8) is 0 Å². The van der Waals surface area contributed by atoms with E-state index >= 15 is 0 Å². The first-order valence-electron chi connectivity index (χ1n) is 10.2. The molecule has 4 nitrogen and oxygen atoms in total. The summed E-state index contributed by atoms with van der Waals surface area (Å²) in [6.45, 7) is 3.73. The van der Waals surface area contributed by atoms with E-state index in [1.807, 2.05) is 35.6 Å². The second kappa shape index (κ2) is 8.35. The molecule has 0 amide bonds. The van der Waals surface area contributed by atoms with Crippen LogP contribution in [-0.4, -0.2) is 46.0 Å². The van der Waals surface area contributed by atoms with Gasteiger partial charge < -0.3 is 10.2 Å². The van der Waals surface area contributed by atoms with E-state index in [9.17, 15) is 0 Å². The van der Waals surface area contributed by atoms with Gasteiger partial charge >= 0.3 is 0 Å². The summed E-state index contributed by atoms with van der Waals surface area (Å²) in [6.07, 6.45) is 10.8. The van der Waals surface area contributed by atoms with Crippen LogP contribution in [0.5, 0.6) is 0 Å². The Kier molecular flexibility index (Phi) is 5.45. The van der Waals surface area contributed by atoms with Gasteiger partial charge in [-0.3, -0.25) is 0 Å². The van der Waals surface area contributed by atoms with Crippen LogP contribution in [0.3, 0.4) is 0 Å². The molecule has 1 N–H and O–H groups in total. The van der Waals surface area contributed by atoms with E-state index in [2.05, 4.69) is 37.9 Å². The molecule has 0 spiro atoms. The zero-order chi connectivity index (χ0) is 19.6. The molecule has 1 atom stereocenters. The Balaban J connectivity index is 1.40. The fourth-order valence-electron chi connectivity index (χ4n) is 4.40.